The van der Waals surface area contributed by atoms with E-state index in [4.69, 9.17) is 49.5 Å². The van der Waals surface area contributed by atoms with Gasteiger partial charge < -0.3 is 79.6 Å². The maximum Gasteiger partial charge on any atom is 0.326 e. The van der Waals surface area contributed by atoms with Crippen LogP contribution in [0.25, 0.3) is 67.8 Å². The van der Waals surface area contributed by atoms with Gasteiger partial charge in [0.15, 0.2) is 22.8 Å². The number of benzene rings is 8. The molecule has 0 saturated heterocycles. The summed E-state index contributed by atoms with van der Waals surface area (Å²) in [5.74, 6) is -3.43. The minimum absolute atomic E-state index is 0.00251. The first kappa shape index (κ1) is 101. The maximum atomic E-state index is 14.0. The van der Waals surface area contributed by atoms with Crippen LogP contribution in [-0.2, 0) is 19.2 Å². The van der Waals surface area contributed by atoms with Crippen LogP contribution in [0, 0.1) is 42.2 Å². The van der Waals surface area contributed by atoms with E-state index in [0.717, 1.165) is 11.3 Å². The fourth-order valence-electron chi connectivity index (χ4n) is 14.0. The zero-order valence-electron chi connectivity index (χ0n) is 76.0. The predicted molar refractivity (Wildman–Crippen MR) is 491 cm³/mol. The summed E-state index contributed by atoms with van der Waals surface area (Å²) in [6.07, 6.45) is 1.14. The Kier molecular flexibility index (Phi) is 35.7. The Morgan fingerprint density at radius 1 is 0.311 bits per heavy atom. The molecule has 0 saturated carbocycles. The molecule has 0 aliphatic carbocycles. The number of nitrogens with one attached hydrogen (secondary N) is 4. The fraction of sp³-hybridized carbons (Fsp3) is 0.299. The Morgan fingerprint density at radius 3 is 0.750 bits per heavy atom. The number of aryl methyl sites for hydroxylation is 1. The van der Waals surface area contributed by atoms with E-state index in [0.29, 0.717) is 126 Å². The van der Waals surface area contributed by atoms with E-state index in [1.807, 2.05) is 92.6 Å². The number of hydrogen-bond acceptors (Lipinski definition) is 20. The van der Waals surface area contributed by atoms with Gasteiger partial charge in [0.05, 0.1) is 125 Å². The number of halogens is 3. The number of aliphatic carboxylic acids is 4. The van der Waals surface area contributed by atoms with Crippen molar-refractivity contribution in [2.75, 3.05) is 56.9 Å². The Hall–Kier alpha value is -15.1. The number of carbonyl (C=O) groups excluding carboxylic acids is 4. The molecule has 0 bridgehead atoms. The summed E-state index contributed by atoms with van der Waals surface area (Å²) < 4.78 is 77.8. The van der Waals surface area contributed by atoms with Gasteiger partial charge in [-0.25, -0.2) is 46.7 Å². The molecule has 0 fully saturated rings. The molecule has 4 heterocycles. The summed E-state index contributed by atoms with van der Waals surface area (Å²) in [6.45, 7) is 17.1. The highest BCUT2D eigenvalue weighted by Crippen LogP contribution is 2.45. The fourth-order valence-corrected chi connectivity index (χ4v) is 14.2. The molecule has 32 nitrogen and oxygen atoms in total. The van der Waals surface area contributed by atoms with Crippen LogP contribution < -0.4 is 59.2 Å². The highest BCUT2D eigenvalue weighted by molar-refractivity contribution is 6.30. The normalized spacial score (nSPS) is 11.8. The number of carboxylic acid groups (broad SMARTS) is 4. The minimum Gasteiger partial charge on any atom is -0.496 e. The zero-order chi connectivity index (χ0) is 96.5. The molecule has 12 aromatic rings. The summed E-state index contributed by atoms with van der Waals surface area (Å²) in [5, 5.41) is 66.6. The lowest BCUT2D eigenvalue weighted by molar-refractivity contribution is -0.140. The number of hydrogen-bond donors (Lipinski definition) is 8. The lowest BCUT2D eigenvalue weighted by Crippen LogP contribution is -2.41. The highest BCUT2D eigenvalue weighted by Gasteiger charge is 2.33. The van der Waals surface area contributed by atoms with Gasteiger partial charge in [0.1, 0.15) is 81.8 Å². The SMILES string of the molecule is COc1cccc(OC)c1-c1cc(C(=O)N[C@@H](CC(C)C)C(=O)O)nn1-c1ccc(C)cc1.COc1cccc(OC)c1-c1cc(C(=O)N[C@@H](CC(C)C)C(=O)O)nn1-c1ccc(Cl)cc1.COc1cccc(OC)c1-c1cc(C(=O)N[C@@H](CC(C)C)C(=O)O)nn1-c1ccc(F)cc1.COc1cccc(OC)c1-c1cc(C(=O)N[C@@H](CC(C)C)C(=O)O)nn1-c1cccc(F)c1. The number of nitrogens with zero attached hydrogens (tertiary/aromatic N) is 8. The molecule has 0 radical (unpaired) electrons. The predicted octanol–water partition coefficient (Wildman–Crippen LogP) is 16.4. The molecule has 35 heteroatoms. The Balaban J connectivity index is 0.000000198. The van der Waals surface area contributed by atoms with Gasteiger partial charge in [-0.3, -0.25) is 19.2 Å². The Labute approximate surface area is 766 Å². The van der Waals surface area contributed by atoms with Gasteiger partial charge in [-0.05, 0) is 208 Å². The lowest BCUT2D eigenvalue weighted by Gasteiger charge is -2.15. The average Bonchev–Trinajstić information content (AvgIpc) is 1.63. The number of methoxy groups -OCH3 is 8. The highest BCUT2D eigenvalue weighted by atomic mass is 35.5. The molecule has 0 spiro atoms. The van der Waals surface area contributed by atoms with Crippen molar-refractivity contribution in [1.82, 2.24) is 60.4 Å². The summed E-state index contributed by atoms with van der Waals surface area (Å²) in [5.41, 5.74) is 7.71. The van der Waals surface area contributed by atoms with E-state index >= 15 is 0 Å². The number of carbonyl (C=O) groups is 8. The van der Waals surface area contributed by atoms with E-state index in [1.165, 1.54) is 107 Å². The second-order valence-electron chi connectivity index (χ2n) is 31.7. The minimum atomic E-state index is -1.13. The van der Waals surface area contributed by atoms with Gasteiger partial charge in [0.25, 0.3) is 23.6 Å². The van der Waals surface area contributed by atoms with Crippen LogP contribution >= 0.6 is 11.6 Å². The van der Waals surface area contributed by atoms with Crippen LogP contribution in [-0.4, -0.2) is 188 Å². The van der Waals surface area contributed by atoms with Gasteiger partial charge in [-0.1, -0.05) is 115 Å². The van der Waals surface area contributed by atoms with Crippen LogP contribution in [0.3, 0.4) is 0 Å². The Morgan fingerprint density at radius 2 is 0.530 bits per heavy atom. The molecule has 0 aliphatic rings. The molecule has 8 N–H and O–H groups in total. The number of amides is 4. The van der Waals surface area contributed by atoms with Gasteiger partial charge in [0, 0.05) is 5.02 Å². The molecule has 696 valence electrons. The van der Waals surface area contributed by atoms with Crippen molar-refractivity contribution in [1.29, 1.82) is 0 Å². The number of aromatic nitrogens is 8. The third kappa shape index (κ3) is 25.7. The molecular formula is C97H107ClF2N12O20. The van der Waals surface area contributed by atoms with Crippen LogP contribution in [0.1, 0.15) is 129 Å². The molecule has 132 heavy (non-hydrogen) atoms. The number of carboxylic acids is 4. The topological polar surface area (TPSA) is 411 Å². The van der Waals surface area contributed by atoms with Crippen LogP contribution in [0.4, 0.5) is 8.78 Å². The summed E-state index contributed by atoms with van der Waals surface area (Å²) >= 11 is 6.05. The van der Waals surface area contributed by atoms with Crippen LogP contribution in [0.5, 0.6) is 46.0 Å². The van der Waals surface area contributed by atoms with Crippen molar-refractivity contribution in [2.45, 2.75) is 112 Å². The quantitative estimate of drug-likeness (QED) is 0.0181. The van der Waals surface area contributed by atoms with Crippen molar-refractivity contribution in [3.05, 3.63) is 239 Å². The molecule has 0 unspecified atom stereocenters. The largest absolute Gasteiger partial charge is 0.496 e. The zero-order valence-corrected chi connectivity index (χ0v) is 76.7. The van der Waals surface area contributed by atoms with Crippen LogP contribution in [0.2, 0.25) is 5.02 Å². The molecular weight excluding hydrogens is 1730 g/mol. The first-order chi connectivity index (χ1) is 63.0. The third-order valence-corrected chi connectivity index (χ3v) is 20.5. The second kappa shape index (κ2) is 46.8. The van der Waals surface area contributed by atoms with E-state index in [9.17, 15) is 67.6 Å². The molecule has 0 aliphatic heterocycles. The first-order valence-corrected chi connectivity index (χ1v) is 42.1. The van der Waals surface area contributed by atoms with Crippen molar-refractivity contribution in [2.24, 2.45) is 23.7 Å². The summed E-state index contributed by atoms with van der Waals surface area (Å²) in [7, 11) is 12.2. The maximum absolute atomic E-state index is 14.0. The number of rotatable bonds is 36. The molecule has 8 aromatic carbocycles. The lowest BCUT2D eigenvalue weighted by atomic mass is 10.0. The summed E-state index contributed by atoms with van der Waals surface area (Å²) in [6, 6.07) is 49.2. The molecule has 4 amide bonds. The van der Waals surface area contributed by atoms with Crippen molar-refractivity contribution in [3.63, 3.8) is 0 Å². The second-order valence-corrected chi connectivity index (χ2v) is 32.1. The van der Waals surface area contributed by atoms with Crippen molar-refractivity contribution < 1.29 is 105 Å². The summed E-state index contributed by atoms with van der Waals surface area (Å²) in [4.78, 5) is 98.4. The van der Waals surface area contributed by atoms with Gasteiger partial charge in [0.2, 0.25) is 0 Å². The van der Waals surface area contributed by atoms with Gasteiger partial charge >= 0.3 is 23.9 Å². The standard InChI is InChI=1S/C25H29N3O5.C24H26ClN3O5.2C24H26FN3O5/c1-15(2)13-19(25(30)31)26-24(29)18-14-20(23-21(32-4)7-6-8-22(23)33-5)28(27-18)17-11-9-16(3)10-12-17;1-14(2)12-18(24(30)31)26-23(29)17-13-19(22-20(32-3)6-5-7-21(22)33-4)28(27-17)16-10-8-15(25)9-11-16;1-14(2)11-18(24(30)31)26-23(29)17-13-19(22-20(32-3)9-6-10-21(22)33-4)28(27-17)16-8-5-7-15(25)12-16;1-14(2)12-18(24(30)31)26-23(29)17-13-19(22-20(32-3)6-5-7-21(22)33-4)28(27-17)16-10-8-15(25)9-11-16/h6-12,14-15,19H,13H2,1-5H3,(H,26,29)(H,30,31);5-11,13-14,18H,12H2,1-4H3,(H,26,29)(H,30,31);5-10,12-14,18H,11H2,1-4H3,(H,26,29)(H,30,31);5-11,13-14,18H,12H2,1-4H3,(H,26,29)(H,30,31)/t19-;3*18-/m0000/s1. The number of ether oxygens (including phenoxy) is 8. The van der Waals surface area contributed by atoms with Crippen molar-refractivity contribution >= 4 is 59.1 Å². The monoisotopic (exact) mass is 1830 g/mol. The first-order valence-electron chi connectivity index (χ1n) is 41.7. The van der Waals surface area contributed by atoms with Gasteiger partial charge in [-0.15, -0.1) is 0 Å². The van der Waals surface area contributed by atoms with Crippen LogP contribution in [0.15, 0.2) is 194 Å². The van der Waals surface area contributed by atoms with Gasteiger partial charge in [-0.2, -0.15) is 20.4 Å². The van der Waals surface area contributed by atoms with E-state index < -0.39 is 83.3 Å². The van der Waals surface area contributed by atoms with Crippen molar-refractivity contribution in [3.8, 4) is 114 Å². The third-order valence-electron chi connectivity index (χ3n) is 20.2. The van der Waals surface area contributed by atoms with E-state index in [-0.39, 0.29) is 59.3 Å². The van der Waals surface area contributed by atoms with E-state index in [1.54, 1.807) is 133 Å². The molecule has 12 rings (SSSR count). The Bertz CT molecular complexity index is 5510. The average molecular weight is 1830 g/mol. The van der Waals surface area contributed by atoms with E-state index in [2.05, 4.69) is 41.7 Å². The smallest absolute Gasteiger partial charge is 0.326 e. The molecule has 4 atom stereocenters. The molecule has 4 aromatic heterocycles.